The summed E-state index contributed by atoms with van der Waals surface area (Å²) in [5.41, 5.74) is 0.552. The second kappa shape index (κ2) is 12.3. The van der Waals surface area contributed by atoms with Gasteiger partial charge in [-0.25, -0.2) is 4.98 Å². The van der Waals surface area contributed by atoms with Crippen LogP contribution in [0.3, 0.4) is 0 Å². The van der Waals surface area contributed by atoms with Crippen molar-refractivity contribution in [2.45, 2.75) is 38.6 Å². The Morgan fingerprint density at radius 3 is 2.75 bits per heavy atom. The van der Waals surface area contributed by atoms with Gasteiger partial charge in [0.2, 0.25) is 5.91 Å². The summed E-state index contributed by atoms with van der Waals surface area (Å²) in [5.74, 6) is -0.231. The van der Waals surface area contributed by atoms with Crippen LogP contribution in [0.1, 0.15) is 32.1 Å². The number of aryl methyl sites for hydroxylation is 1. The largest absolute Gasteiger partial charge is 0.488 e. The smallest absolute Gasteiger partial charge is 0.303 e. The lowest BCUT2D eigenvalue weighted by atomic mass is 10.1. The molecule has 0 radical (unpaired) electrons. The molecule has 168 valence electrons. The summed E-state index contributed by atoms with van der Waals surface area (Å²) in [7, 11) is 0. The zero-order valence-electron chi connectivity index (χ0n) is 18.1. The number of carboxylic acids is 1. The van der Waals surface area contributed by atoms with Crippen molar-refractivity contribution in [1.82, 2.24) is 14.9 Å². The molecule has 0 unspecified atom stereocenters. The standard InChI is InChI=1S/C25H29N3O4/c29-24(30)13-3-1-2-9-21(25(31)27-14-7-16-28-17-15-26-19-28)18-32-23-12-6-10-20-8-4-5-11-22(20)23/h4-6,8-12,15,17,19H,1-3,7,13-14,16,18H2,(H,27,31)(H,29,30). The van der Waals surface area contributed by atoms with Crippen LogP contribution in [0.5, 0.6) is 5.75 Å². The highest BCUT2D eigenvalue weighted by molar-refractivity contribution is 5.94. The van der Waals surface area contributed by atoms with Crippen LogP contribution < -0.4 is 10.1 Å². The van der Waals surface area contributed by atoms with Crippen LogP contribution in [0.25, 0.3) is 10.8 Å². The van der Waals surface area contributed by atoms with Crippen LogP contribution >= 0.6 is 0 Å². The van der Waals surface area contributed by atoms with Gasteiger partial charge in [0.25, 0.3) is 0 Å². The monoisotopic (exact) mass is 435 g/mol. The zero-order valence-corrected chi connectivity index (χ0v) is 18.1. The van der Waals surface area contributed by atoms with E-state index in [-0.39, 0.29) is 18.9 Å². The lowest BCUT2D eigenvalue weighted by Gasteiger charge is -2.13. The highest BCUT2D eigenvalue weighted by Crippen LogP contribution is 2.25. The molecule has 2 N–H and O–H groups in total. The van der Waals surface area contributed by atoms with Gasteiger partial charge in [-0.2, -0.15) is 0 Å². The van der Waals surface area contributed by atoms with Crippen molar-refractivity contribution in [3.05, 3.63) is 72.8 Å². The highest BCUT2D eigenvalue weighted by atomic mass is 16.5. The summed E-state index contributed by atoms with van der Waals surface area (Å²) >= 11 is 0. The summed E-state index contributed by atoms with van der Waals surface area (Å²) in [6, 6.07) is 13.8. The maximum Gasteiger partial charge on any atom is 0.303 e. The van der Waals surface area contributed by atoms with Crippen LogP contribution in [0, 0.1) is 0 Å². The van der Waals surface area contributed by atoms with E-state index in [9.17, 15) is 9.59 Å². The predicted molar refractivity (Wildman–Crippen MR) is 123 cm³/mol. The number of carbonyl (C=O) groups is 2. The van der Waals surface area contributed by atoms with Gasteiger partial charge in [0.1, 0.15) is 12.4 Å². The van der Waals surface area contributed by atoms with Crippen LogP contribution in [-0.4, -0.2) is 39.7 Å². The van der Waals surface area contributed by atoms with E-state index in [0.29, 0.717) is 31.4 Å². The van der Waals surface area contributed by atoms with Crippen molar-refractivity contribution in [3.63, 3.8) is 0 Å². The molecule has 0 saturated carbocycles. The molecule has 3 aromatic rings. The van der Waals surface area contributed by atoms with Gasteiger partial charge in [-0.05, 0) is 37.1 Å². The van der Waals surface area contributed by atoms with Crippen LogP contribution in [0.4, 0.5) is 0 Å². The Bertz CT molecular complexity index is 1040. The van der Waals surface area contributed by atoms with Gasteiger partial charge in [0.15, 0.2) is 0 Å². The van der Waals surface area contributed by atoms with Crippen molar-refractivity contribution in [3.8, 4) is 5.75 Å². The first-order chi connectivity index (χ1) is 15.6. The Morgan fingerprint density at radius 1 is 1.09 bits per heavy atom. The van der Waals surface area contributed by atoms with Gasteiger partial charge in [-0.15, -0.1) is 0 Å². The average Bonchev–Trinajstić information content (AvgIpc) is 3.32. The molecule has 0 atom stereocenters. The fourth-order valence-electron chi connectivity index (χ4n) is 3.39. The van der Waals surface area contributed by atoms with E-state index in [0.717, 1.165) is 29.5 Å². The molecule has 1 aromatic heterocycles. The van der Waals surface area contributed by atoms with E-state index in [1.54, 1.807) is 12.5 Å². The first-order valence-electron chi connectivity index (χ1n) is 10.9. The minimum absolute atomic E-state index is 0.135. The van der Waals surface area contributed by atoms with Gasteiger partial charge >= 0.3 is 5.97 Å². The van der Waals surface area contributed by atoms with Gasteiger partial charge in [-0.3, -0.25) is 9.59 Å². The van der Waals surface area contributed by atoms with Crippen molar-refractivity contribution in [2.75, 3.05) is 13.2 Å². The number of unbranched alkanes of at least 4 members (excludes halogenated alkanes) is 2. The SMILES string of the molecule is O=C(O)CCCCC=C(COc1cccc2ccccc12)C(=O)NCCCn1ccnc1. The predicted octanol–water partition coefficient (Wildman–Crippen LogP) is 4.19. The molecule has 32 heavy (non-hydrogen) atoms. The number of aliphatic carboxylic acids is 1. The molecule has 7 heteroatoms. The Labute approximate surface area is 187 Å². The average molecular weight is 436 g/mol. The highest BCUT2D eigenvalue weighted by Gasteiger charge is 2.11. The number of hydrogen-bond donors (Lipinski definition) is 2. The minimum Gasteiger partial charge on any atom is -0.488 e. The first kappa shape index (κ1) is 23.1. The summed E-state index contributed by atoms with van der Waals surface area (Å²) in [4.78, 5) is 27.5. The molecule has 3 rings (SSSR count). The Kier molecular flexibility index (Phi) is 8.86. The quantitative estimate of drug-likeness (QED) is 0.310. The van der Waals surface area contributed by atoms with E-state index >= 15 is 0 Å². The number of rotatable bonds is 13. The van der Waals surface area contributed by atoms with E-state index in [1.165, 1.54) is 0 Å². The second-order valence-corrected chi connectivity index (χ2v) is 7.54. The molecular weight excluding hydrogens is 406 g/mol. The molecule has 0 aliphatic rings. The fraction of sp³-hybridized carbons (Fsp3) is 0.320. The number of benzene rings is 2. The minimum atomic E-state index is -0.802. The van der Waals surface area contributed by atoms with Gasteiger partial charge in [0.05, 0.1) is 11.9 Å². The number of imidazole rings is 1. The van der Waals surface area contributed by atoms with E-state index in [4.69, 9.17) is 9.84 Å². The van der Waals surface area contributed by atoms with Crippen molar-refractivity contribution >= 4 is 22.6 Å². The van der Waals surface area contributed by atoms with Gasteiger partial charge < -0.3 is 19.7 Å². The lowest BCUT2D eigenvalue weighted by Crippen LogP contribution is -2.29. The molecule has 1 heterocycles. The number of amides is 1. The molecule has 0 fully saturated rings. The number of allylic oxidation sites excluding steroid dienone is 1. The van der Waals surface area contributed by atoms with Crippen LogP contribution in [0.2, 0.25) is 0 Å². The first-order valence-corrected chi connectivity index (χ1v) is 10.9. The third-order valence-corrected chi connectivity index (χ3v) is 5.10. The van der Waals surface area contributed by atoms with Crippen molar-refractivity contribution in [2.24, 2.45) is 0 Å². The molecule has 0 saturated heterocycles. The van der Waals surface area contributed by atoms with Crippen LogP contribution in [-0.2, 0) is 16.1 Å². The normalized spacial score (nSPS) is 11.4. The number of carbonyl (C=O) groups excluding carboxylic acids is 1. The maximum absolute atomic E-state index is 12.8. The van der Waals surface area contributed by atoms with Gasteiger partial charge in [0, 0.05) is 37.3 Å². The lowest BCUT2D eigenvalue weighted by molar-refractivity contribution is -0.137. The number of nitrogens with zero attached hydrogens (tertiary/aromatic N) is 2. The molecule has 2 aromatic carbocycles. The third kappa shape index (κ3) is 7.27. The molecule has 0 bridgehead atoms. The summed E-state index contributed by atoms with van der Waals surface area (Å²) in [6.07, 6.45) is 10.1. The number of nitrogens with one attached hydrogen (secondary N) is 1. The molecule has 1 amide bonds. The van der Waals surface area contributed by atoms with Crippen molar-refractivity contribution < 1.29 is 19.4 Å². The molecular formula is C25H29N3O4. The van der Waals surface area contributed by atoms with Crippen molar-refractivity contribution in [1.29, 1.82) is 0 Å². The number of aromatic nitrogens is 2. The molecule has 0 aliphatic carbocycles. The molecule has 0 spiro atoms. The zero-order chi connectivity index (χ0) is 22.6. The maximum atomic E-state index is 12.8. The summed E-state index contributed by atoms with van der Waals surface area (Å²) in [5, 5.41) is 13.8. The number of hydrogen-bond acceptors (Lipinski definition) is 4. The number of carboxylic acid groups (broad SMARTS) is 1. The number of ether oxygens (including phenoxy) is 1. The summed E-state index contributed by atoms with van der Waals surface area (Å²) in [6.45, 7) is 1.48. The van der Waals surface area contributed by atoms with Crippen LogP contribution in [0.15, 0.2) is 72.8 Å². The topological polar surface area (TPSA) is 93.5 Å². The second-order valence-electron chi connectivity index (χ2n) is 7.54. The third-order valence-electron chi connectivity index (χ3n) is 5.10. The Morgan fingerprint density at radius 2 is 1.94 bits per heavy atom. The molecule has 7 nitrogen and oxygen atoms in total. The van der Waals surface area contributed by atoms with E-state index < -0.39 is 5.97 Å². The Balaban J connectivity index is 1.58. The van der Waals surface area contributed by atoms with E-state index in [2.05, 4.69) is 10.3 Å². The summed E-state index contributed by atoms with van der Waals surface area (Å²) < 4.78 is 7.99. The fourth-order valence-corrected chi connectivity index (χ4v) is 3.39. The van der Waals surface area contributed by atoms with Gasteiger partial charge in [-0.1, -0.05) is 42.5 Å². The number of fused-ring (bicyclic) bond motifs is 1. The molecule has 0 aliphatic heterocycles. The Hall–Kier alpha value is -3.61. The van der Waals surface area contributed by atoms with E-state index in [1.807, 2.05) is 59.3 Å².